The standard InChI is InChI=1S/C12H16N6/c1-10-9-17(8-7-13-10)12-14-15-16-18(12)11-5-3-2-4-6-11/h2-6,10,13H,7-9H2,1H3/t10-/m0/s1. The normalized spacial score (nSPS) is 20.1. The number of piperazine rings is 1. The van der Waals surface area contributed by atoms with E-state index in [2.05, 4.69) is 32.7 Å². The summed E-state index contributed by atoms with van der Waals surface area (Å²) in [6, 6.07) is 10.4. The molecule has 2 aromatic rings. The number of nitrogens with zero attached hydrogens (tertiary/aromatic N) is 5. The fourth-order valence-corrected chi connectivity index (χ4v) is 2.23. The quantitative estimate of drug-likeness (QED) is 0.831. The minimum Gasteiger partial charge on any atom is -0.337 e. The molecule has 0 bridgehead atoms. The summed E-state index contributed by atoms with van der Waals surface area (Å²) in [5.41, 5.74) is 0.990. The minimum atomic E-state index is 0.458. The van der Waals surface area contributed by atoms with Gasteiger partial charge in [0.1, 0.15) is 0 Å². The molecule has 0 aliphatic carbocycles. The minimum absolute atomic E-state index is 0.458. The first kappa shape index (κ1) is 11.2. The molecule has 0 radical (unpaired) electrons. The van der Waals surface area contributed by atoms with Crippen LogP contribution in [0.5, 0.6) is 0 Å². The molecular weight excluding hydrogens is 228 g/mol. The lowest BCUT2D eigenvalue weighted by atomic mass is 10.2. The number of nitrogens with one attached hydrogen (secondary N) is 1. The molecule has 1 saturated heterocycles. The summed E-state index contributed by atoms with van der Waals surface area (Å²) in [7, 11) is 0. The molecule has 1 fully saturated rings. The van der Waals surface area contributed by atoms with Crippen LogP contribution in [0.2, 0.25) is 0 Å². The van der Waals surface area contributed by atoms with Gasteiger partial charge in [-0.3, -0.25) is 0 Å². The zero-order valence-electron chi connectivity index (χ0n) is 10.3. The molecule has 1 aromatic carbocycles. The van der Waals surface area contributed by atoms with Crippen molar-refractivity contribution in [2.45, 2.75) is 13.0 Å². The maximum absolute atomic E-state index is 4.15. The summed E-state index contributed by atoms with van der Waals surface area (Å²) >= 11 is 0. The van der Waals surface area contributed by atoms with Crippen molar-refractivity contribution >= 4 is 5.95 Å². The lowest BCUT2D eigenvalue weighted by molar-refractivity contribution is 0.477. The molecule has 0 amide bonds. The van der Waals surface area contributed by atoms with E-state index in [1.807, 2.05) is 30.3 Å². The Kier molecular flexibility index (Phi) is 2.93. The summed E-state index contributed by atoms with van der Waals surface area (Å²) in [5, 5.41) is 15.4. The van der Waals surface area contributed by atoms with Crippen LogP contribution in [0.25, 0.3) is 5.69 Å². The first-order valence-corrected chi connectivity index (χ1v) is 6.17. The Bertz CT molecular complexity index is 508. The summed E-state index contributed by atoms with van der Waals surface area (Å²) in [6.07, 6.45) is 0. The maximum Gasteiger partial charge on any atom is 0.250 e. The van der Waals surface area contributed by atoms with Crippen LogP contribution < -0.4 is 10.2 Å². The third-order valence-electron chi connectivity index (χ3n) is 3.11. The lowest BCUT2D eigenvalue weighted by Gasteiger charge is -2.31. The molecule has 6 heteroatoms. The van der Waals surface area contributed by atoms with Crippen LogP contribution in [0.3, 0.4) is 0 Å². The van der Waals surface area contributed by atoms with E-state index < -0.39 is 0 Å². The van der Waals surface area contributed by atoms with E-state index in [0.717, 1.165) is 31.3 Å². The molecule has 0 saturated carbocycles. The number of aromatic nitrogens is 4. The van der Waals surface area contributed by atoms with E-state index in [1.165, 1.54) is 0 Å². The Morgan fingerprint density at radius 3 is 2.89 bits per heavy atom. The first-order chi connectivity index (χ1) is 8.84. The number of anilines is 1. The van der Waals surface area contributed by atoms with Gasteiger partial charge >= 0.3 is 0 Å². The zero-order valence-corrected chi connectivity index (χ0v) is 10.3. The highest BCUT2D eigenvalue weighted by Crippen LogP contribution is 2.16. The van der Waals surface area contributed by atoms with Crippen molar-refractivity contribution in [1.29, 1.82) is 0 Å². The zero-order chi connectivity index (χ0) is 12.4. The monoisotopic (exact) mass is 244 g/mol. The van der Waals surface area contributed by atoms with Gasteiger partial charge in [0.2, 0.25) is 5.95 Å². The second-order valence-electron chi connectivity index (χ2n) is 4.53. The molecule has 18 heavy (non-hydrogen) atoms. The van der Waals surface area contributed by atoms with Gasteiger partial charge in [0.15, 0.2) is 0 Å². The number of hydrogen-bond acceptors (Lipinski definition) is 5. The molecular formula is C12H16N6. The highest BCUT2D eigenvalue weighted by atomic mass is 15.6. The van der Waals surface area contributed by atoms with Gasteiger partial charge in [0.05, 0.1) is 5.69 Å². The van der Waals surface area contributed by atoms with E-state index in [4.69, 9.17) is 0 Å². The van der Waals surface area contributed by atoms with Gasteiger partial charge in [0, 0.05) is 25.7 Å². The fraction of sp³-hybridized carbons (Fsp3) is 0.417. The Morgan fingerprint density at radius 2 is 2.11 bits per heavy atom. The molecule has 1 atom stereocenters. The van der Waals surface area contributed by atoms with Crippen LogP contribution in [0, 0.1) is 0 Å². The van der Waals surface area contributed by atoms with Crippen LogP contribution >= 0.6 is 0 Å². The number of tetrazole rings is 1. The van der Waals surface area contributed by atoms with Crippen LogP contribution in [0.4, 0.5) is 5.95 Å². The molecule has 1 aliphatic heterocycles. The molecule has 0 unspecified atom stereocenters. The lowest BCUT2D eigenvalue weighted by Crippen LogP contribution is -2.50. The van der Waals surface area contributed by atoms with Gasteiger partial charge < -0.3 is 10.2 Å². The molecule has 1 aromatic heterocycles. The predicted molar refractivity (Wildman–Crippen MR) is 68.8 cm³/mol. The van der Waals surface area contributed by atoms with Crippen LogP contribution in [-0.2, 0) is 0 Å². The van der Waals surface area contributed by atoms with Gasteiger partial charge in [-0.1, -0.05) is 23.3 Å². The van der Waals surface area contributed by atoms with Crippen molar-refractivity contribution in [3.05, 3.63) is 30.3 Å². The van der Waals surface area contributed by atoms with Gasteiger partial charge in [0.25, 0.3) is 0 Å². The summed E-state index contributed by atoms with van der Waals surface area (Å²) in [5.74, 6) is 0.814. The van der Waals surface area contributed by atoms with E-state index >= 15 is 0 Å². The van der Waals surface area contributed by atoms with Gasteiger partial charge in [-0.15, -0.1) is 0 Å². The van der Waals surface area contributed by atoms with Crippen molar-refractivity contribution in [1.82, 2.24) is 25.5 Å². The van der Waals surface area contributed by atoms with E-state index in [-0.39, 0.29) is 0 Å². The Labute approximate surface area is 106 Å². The average molecular weight is 244 g/mol. The first-order valence-electron chi connectivity index (χ1n) is 6.17. The Balaban J connectivity index is 1.92. The molecule has 2 heterocycles. The van der Waals surface area contributed by atoms with Crippen LogP contribution in [-0.4, -0.2) is 45.9 Å². The second kappa shape index (κ2) is 4.73. The van der Waals surface area contributed by atoms with Crippen molar-refractivity contribution in [3.63, 3.8) is 0 Å². The van der Waals surface area contributed by atoms with E-state index in [0.29, 0.717) is 6.04 Å². The van der Waals surface area contributed by atoms with Crippen LogP contribution in [0.15, 0.2) is 30.3 Å². The van der Waals surface area contributed by atoms with Gasteiger partial charge in [-0.2, -0.15) is 4.68 Å². The molecule has 0 spiro atoms. The third kappa shape index (κ3) is 2.06. The average Bonchev–Trinajstić information content (AvgIpc) is 2.89. The summed E-state index contributed by atoms with van der Waals surface area (Å²) < 4.78 is 1.79. The van der Waals surface area contributed by atoms with E-state index in [1.54, 1.807) is 4.68 Å². The molecule has 94 valence electrons. The largest absolute Gasteiger partial charge is 0.337 e. The Morgan fingerprint density at radius 1 is 1.28 bits per heavy atom. The van der Waals surface area contributed by atoms with Crippen molar-refractivity contribution < 1.29 is 0 Å². The van der Waals surface area contributed by atoms with Crippen molar-refractivity contribution in [3.8, 4) is 5.69 Å². The highest BCUT2D eigenvalue weighted by Gasteiger charge is 2.21. The summed E-state index contributed by atoms with van der Waals surface area (Å²) in [4.78, 5) is 2.22. The topological polar surface area (TPSA) is 58.9 Å². The third-order valence-corrected chi connectivity index (χ3v) is 3.11. The van der Waals surface area contributed by atoms with Crippen molar-refractivity contribution in [2.75, 3.05) is 24.5 Å². The van der Waals surface area contributed by atoms with Crippen LogP contribution in [0.1, 0.15) is 6.92 Å². The maximum atomic E-state index is 4.15. The van der Waals surface area contributed by atoms with Crippen molar-refractivity contribution in [2.24, 2.45) is 0 Å². The second-order valence-corrected chi connectivity index (χ2v) is 4.53. The van der Waals surface area contributed by atoms with Gasteiger partial charge in [-0.05, 0) is 29.5 Å². The predicted octanol–water partition coefficient (Wildman–Crippen LogP) is 0.460. The molecule has 1 aliphatic rings. The molecule has 1 N–H and O–H groups in total. The smallest absolute Gasteiger partial charge is 0.250 e. The SMILES string of the molecule is C[C@H]1CN(c2nnnn2-c2ccccc2)CCN1. The van der Waals surface area contributed by atoms with Gasteiger partial charge in [-0.25, -0.2) is 0 Å². The Hall–Kier alpha value is -1.95. The number of para-hydroxylation sites is 1. The number of rotatable bonds is 2. The highest BCUT2D eigenvalue weighted by molar-refractivity contribution is 5.41. The number of hydrogen-bond donors (Lipinski definition) is 1. The fourth-order valence-electron chi connectivity index (χ4n) is 2.23. The van der Waals surface area contributed by atoms with E-state index in [9.17, 15) is 0 Å². The number of benzene rings is 1. The summed E-state index contributed by atoms with van der Waals surface area (Å²) in [6.45, 7) is 4.98. The molecule has 3 rings (SSSR count). The molecule has 6 nitrogen and oxygen atoms in total.